The third-order valence-electron chi connectivity index (χ3n) is 7.83. The first kappa shape index (κ1) is 40.3. The van der Waals surface area contributed by atoms with Crippen LogP contribution in [0.2, 0.25) is 0 Å². The first-order valence-corrected chi connectivity index (χ1v) is 17.2. The second kappa shape index (κ2) is 20.6. The molecule has 0 bridgehead atoms. The quantitative estimate of drug-likeness (QED) is 0.187. The molecule has 5 rings (SSSR count). The number of imide groups is 1. The average molecular weight is 747 g/mol. The van der Waals surface area contributed by atoms with E-state index in [2.05, 4.69) is 5.32 Å². The van der Waals surface area contributed by atoms with Crippen molar-refractivity contribution in [2.45, 2.75) is 45.8 Å². The summed E-state index contributed by atoms with van der Waals surface area (Å²) < 4.78 is 25.4. The molecular weight excluding hydrogens is 704 g/mol. The van der Waals surface area contributed by atoms with E-state index in [1.165, 1.54) is 4.90 Å². The standard InChI is InChI=1S/C23H24N2O7.C15H18N2O5/c1-2-30-20(26)14-24-13-19(21(27)31-15-17-9-5-3-6-10-17)25(22(24)28)23(29)32-16-18-11-7-4-8-12-18;1-2-21-13(18)9-17-8-12(16-15(17)20)14(19)22-10-11-6-4-3-5-7-11/h3-12,19H,2,13-16H2,1H3;3-7,12H,2,8-10H2,1H3,(H,16,20)/t19-;12-/m00/s1. The Labute approximate surface area is 311 Å². The highest BCUT2D eigenvalue weighted by molar-refractivity contribution is 6.00. The normalized spacial score (nSPS) is 16.1. The number of carbonyl (C=O) groups is 7. The van der Waals surface area contributed by atoms with Crippen LogP contribution in [-0.4, -0.2) is 108 Å². The number of benzene rings is 3. The van der Waals surface area contributed by atoms with Gasteiger partial charge in [-0.1, -0.05) is 91.0 Å². The van der Waals surface area contributed by atoms with Gasteiger partial charge in [-0.3, -0.25) is 9.59 Å². The Balaban J connectivity index is 0.000000258. The van der Waals surface area contributed by atoms with E-state index in [1.54, 1.807) is 62.4 Å². The number of esters is 4. The Morgan fingerprint density at radius 3 is 1.52 bits per heavy atom. The Hall–Kier alpha value is -6.45. The fourth-order valence-electron chi connectivity index (χ4n) is 5.20. The van der Waals surface area contributed by atoms with Gasteiger partial charge in [0.05, 0.1) is 26.3 Å². The topological polar surface area (TPSA) is 187 Å². The lowest BCUT2D eigenvalue weighted by Crippen LogP contribution is -2.45. The van der Waals surface area contributed by atoms with Crippen molar-refractivity contribution in [2.75, 3.05) is 39.4 Å². The van der Waals surface area contributed by atoms with Gasteiger partial charge < -0.3 is 38.8 Å². The maximum Gasteiger partial charge on any atom is 0.419 e. The number of rotatable bonds is 14. The van der Waals surface area contributed by atoms with E-state index >= 15 is 0 Å². The van der Waals surface area contributed by atoms with Crippen molar-refractivity contribution in [3.63, 3.8) is 0 Å². The highest BCUT2D eigenvalue weighted by atomic mass is 16.6. The van der Waals surface area contributed by atoms with Crippen molar-refractivity contribution >= 4 is 42.0 Å². The molecule has 16 nitrogen and oxygen atoms in total. The summed E-state index contributed by atoms with van der Waals surface area (Å²) in [6.45, 7) is 3.08. The van der Waals surface area contributed by atoms with E-state index in [4.69, 9.17) is 23.7 Å². The van der Waals surface area contributed by atoms with E-state index in [1.807, 2.05) is 42.5 Å². The summed E-state index contributed by atoms with van der Waals surface area (Å²) in [4.78, 5) is 88.1. The molecule has 54 heavy (non-hydrogen) atoms. The smallest absolute Gasteiger partial charge is 0.419 e. The summed E-state index contributed by atoms with van der Waals surface area (Å²) in [7, 11) is 0. The Morgan fingerprint density at radius 2 is 1.04 bits per heavy atom. The van der Waals surface area contributed by atoms with Gasteiger partial charge in [0.25, 0.3) is 0 Å². The lowest BCUT2D eigenvalue weighted by atomic mass is 10.2. The molecule has 0 aromatic heterocycles. The van der Waals surface area contributed by atoms with Gasteiger partial charge in [0.2, 0.25) is 0 Å². The van der Waals surface area contributed by atoms with E-state index in [9.17, 15) is 33.6 Å². The van der Waals surface area contributed by atoms with Gasteiger partial charge in [0.15, 0.2) is 6.04 Å². The number of nitrogens with zero attached hydrogens (tertiary/aromatic N) is 3. The van der Waals surface area contributed by atoms with Gasteiger partial charge in [-0.2, -0.15) is 0 Å². The number of ether oxygens (including phenoxy) is 5. The highest BCUT2D eigenvalue weighted by Gasteiger charge is 2.47. The van der Waals surface area contributed by atoms with Gasteiger partial charge >= 0.3 is 42.0 Å². The van der Waals surface area contributed by atoms with Gasteiger partial charge in [-0.25, -0.2) is 28.9 Å². The van der Waals surface area contributed by atoms with Crippen LogP contribution in [0, 0.1) is 0 Å². The zero-order chi connectivity index (χ0) is 38.9. The predicted molar refractivity (Wildman–Crippen MR) is 189 cm³/mol. The van der Waals surface area contributed by atoms with Crippen molar-refractivity contribution < 1.29 is 57.2 Å². The molecule has 3 aromatic rings. The summed E-state index contributed by atoms with van der Waals surface area (Å²) >= 11 is 0. The molecule has 2 heterocycles. The van der Waals surface area contributed by atoms with E-state index < -0.39 is 60.7 Å². The van der Waals surface area contributed by atoms with Crippen molar-refractivity contribution in [1.82, 2.24) is 20.0 Å². The van der Waals surface area contributed by atoms with E-state index in [0.29, 0.717) is 4.90 Å². The molecule has 5 amide bonds. The fraction of sp³-hybridized carbons (Fsp3) is 0.342. The third-order valence-corrected chi connectivity index (χ3v) is 7.83. The summed E-state index contributed by atoms with van der Waals surface area (Å²) in [6.07, 6.45) is -0.994. The largest absolute Gasteiger partial charge is 0.465 e. The van der Waals surface area contributed by atoms with Crippen LogP contribution >= 0.6 is 0 Å². The molecule has 286 valence electrons. The number of carbonyl (C=O) groups excluding carboxylic acids is 7. The minimum atomic E-state index is -1.25. The second-order valence-corrected chi connectivity index (χ2v) is 11.8. The lowest BCUT2D eigenvalue weighted by molar-refractivity contribution is -0.149. The third kappa shape index (κ3) is 12.1. The van der Waals surface area contributed by atoms with Gasteiger partial charge in [-0.15, -0.1) is 0 Å². The minimum absolute atomic E-state index is 0.0187. The van der Waals surface area contributed by atoms with Crippen molar-refractivity contribution in [3.8, 4) is 0 Å². The zero-order valence-electron chi connectivity index (χ0n) is 29.9. The number of urea groups is 2. The summed E-state index contributed by atoms with van der Waals surface area (Å²) in [5, 5.41) is 2.49. The lowest BCUT2D eigenvalue weighted by Gasteiger charge is -2.20. The van der Waals surface area contributed by atoms with Crippen LogP contribution in [0.5, 0.6) is 0 Å². The molecule has 16 heteroatoms. The van der Waals surface area contributed by atoms with Crippen molar-refractivity contribution in [2.24, 2.45) is 0 Å². The van der Waals surface area contributed by atoms with Gasteiger partial charge in [0.1, 0.15) is 39.0 Å². The number of nitrogens with one attached hydrogen (secondary N) is 1. The van der Waals surface area contributed by atoms with Gasteiger partial charge in [0, 0.05) is 0 Å². The molecule has 1 N–H and O–H groups in total. The Kier molecular flexibility index (Phi) is 15.3. The first-order chi connectivity index (χ1) is 26.1. The van der Waals surface area contributed by atoms with Crippen LogP contribution < -0.4 is 5.32 Å². The zero-order valence-corrected chi connectivity index (χ0v) is 29.9. The molecule has 2 aliphatic heterocycles. The van der Waals surface area contributed by atoms with E-state index in [0.717, 1.165) is 21.6 Å². The van der Waals surface area contributed by atoms with E-state index in [-0.39, 0.29) is 52.7 Å². The molecule has 2 fully saturated rings. The maximum absolute atomic E-state index is 12.8. The van der Waals surface area contributed by atoms with Crippen LogP contribution in [-0.2, 0) is 62.7 Å². The number of amides is 5. The first-order valence-electron chi connectivity index (χ1n) is 17.2. The molecule has 2 aliphatic rings. The fourth-order valence-corrected chi connectivity index (χ4v) is 5.20. The minimum Gasteiger partial charge on any atom is -0.465 e. The van der Waals surface area contributed by atoms with Crippen molar-refractivity contribution in [3.05, 3.63) is 108 Å². The van der Waals surface area contributed by atoms with Gasteiger partial charge in [-0.05, 0) is 30.5 Å². The number of hydrogen-bond acceptors (Lipinski definition) is 12. The molecular formula is C38H42N4O12. The highest BCUT2D eigenvalue weighted by Crippen LogP contribution is 2.20. The predicted octanol–water partition coefficient (Wildman–Crippen LogP) is 3.42. The Bertz CT molecular complexity index is 1740. The summed E-state index contributed by atoms with van der Waals surface area (Å²) in [5.74, 6) is -2.44. The SMILES string of the molecule is CCOC(=O)CN1C[C@@H](C(=O)OCc2ccccc2)N(C(=O)OCc2ccccc2)C1=O.CCOC(=O)CN1C[C@@H](C(=O)OCc2ccccc2)NC1=O. The maximum atomic E-state index is 12.8. The summed E-state index contributed by atoms with van der Waals surface area (Å²) in [6, 6.07) is 23.9. The number of hydrogen-bond donors (Lipinski definition) is 1. The van der Waals surface area contributed by atoms with Crippen LogP contribution in [0.15, 0.2) is 91.0 Å². The molecule has 0 spiro atoms. The molecule has 0 unspecified atom stereocenters. The van der Waals surface area contributed by atoms with Crippen molar-refractivity contribution in [1.29, 1.82) is 0 Å². The average Bonchev–Trinajstić information content (AvgIpc) is 3.71. The molecule has 3 aromatic carbocycles. The van der Waals surface area contributed by atoms with Crippen LogP contribution in [0.4, 0.5) is 14.4 Å². The molecule has 2 saturated heterocycles. The molecule has 2 atom stereocenters. The Morgan fingerprint density at radius 1 is 0.593 bits per heavy atom. The van der Waals surface area contributed by atoms with Crippen LogP contribution in [0.25, 0.3) is 0 Å². The molecule has 0 saturated carbocycles. The van der Waals surface area contributed by atoms with Crippen LogP contribution in [0.1, 0.15) is 30.5 Å². The summed E-state index contributed by atoms with van der Waals surface area (Å²) in [5.41, 5.74) is 2.34. The second-order valence-electron chi connectivity index (χ2n) is 11.8. The molecule has 0 aliphatic carbocycles. The molecule has 0 radical (unpaired) electrons. The van der Waals surface area contributed by atoms with Crippen LogP contribution in [0.3, 0.4) is 0 Å². The monoisotopic (exact) mass is 746 g/mol.